The second-order valence-corrected chi connectivity index (χ2v) is 2.30. The van der Waals surface area contributed by atoms with E-state index in [1.54, 1.807) is 0 Å². The molecule has 0 bridgehead atoms. The van der Waals surface area contributed by atoms with Crippen molar-refractivity contribution in [2.75, 3.05) is 20.3 Å². The van der Waals surface area contributed by atoms with E-state index in [0.29, 0.717) is 0 Å². The van der Waals surface area contributed by atoms with Crippen LogP contribution in [-0.2, 0) is 4.84 Å². The van der Waals surface area contributed by atoms with Crippen LogP contribution in [0.1, 0.15) is 6.42 Å². The Balaban J connectivity index is 0.000001000. The first-order chi connectivity index (χ1) is 4.86. The van der Waals surface area contributed by atoms with Gasteiger partial charge < -0.3 is 15.3 Å². The summed E-state index contributed by atoms with van der Waals surface area (Å²) in [6.45, 7) is 0.905. The molecule has 0 saturated carbocycles. The highest BCUT2D eigenvalue weighted by atomic mass is 35.5. The van der Waals surface area contributed by atoms with Crippen molar-refractivity contribution in [2.45, 2.75) is 12.5 Å². The Morgan fingerprint density at radius 2 is 2.55 bits per heavy atom. The van der Waals surface area contributed by atoms with E-state index < -0.39 is 0 Å². The number of hydrogen-bond acceptors (Lipinski definition) is 4. The molecule has 4 nitrogen and oxygen atoms in total. The van der Waals surface area contributed by atoms with Gasteiger partial charge in [0.1, 0.15) is 7.11 Å². The van der Waals surface area contributed by atoms with Crippen LogP contribution < -0.4 is 5.32 Å². The zero-order valence-electron chi connectivity index (χ0n) is 6.41. The maximum atomic E-state index is 8.69. The predicted octanol–water partition coefficient (Wildman–Crippen LogP) is -0.235. The van der Waals surface area contributed by atoms with Crippen LogP contribution in [0.5, 0.6) is 0 Å². The third-order valence-electron chi connectivity index (χ3n) is 1.52. The zero-order valence-corrected chi connectivity index (χ0v) is 7.23. The second-order valence-electron chi connectivity index (χ2n) is 2.30. The number of nitrogens with zero attached hydrogens (tertiary/aromatic N) is 1. The number of rotatable bonds is 2. The fourth-order valence-corrected chi connectivity index (χ4v) is 1.02. The van der Waals surface area contributed by atoms with Gasteiger partial charge in [0.2, 0.25) is 0 Å². The van der Waals surface area contributed by atoms with E-state index in [2.05, 4.69) is 15.3 Å². The summed E-state index contributed by atoms with van der Waals surface area (Å²) < 4.78 is 0. The predicted molar refractivity (Wildman–Crippen MR) is 45.2 cm³/mol. The first-order valence-electron chi connectivity index (χ1n) is 3.30. The highest BCUT2D eigenvalue weighted by Gasteiger charge is 2.18. The summed E-state index contributed by atoms with van der Waals surface area (Å²) in [5.41, 5.74) is 0.974. The van der Waals surface area contributed by atoms with Crippen molar-refractivity contribution >= 4 is 18.1 Å². The molecular formula is C6H13ClN2O2. The molecule has 1 aliphatic rings. The molecule has 0 aliphatic carbocycles. The van der Waals surface area contributed by atoms with Crippen LogP contribution in [0.4, 0.5) is 0 Å². The Kier molecular flexibility index (Phi) is 5.19. The molecule has 2 N–H and O–H groups in total. The Morgan fingerprint density at radius 3 is 3.00 bits per heavy atom. The van der Waals surface area contributed by atoms with Gasteiger partial charge in [-0.3, -0.25) is 0 Å². The maximum Gasteiger partial charge on any atom is 0.106 e. The summed E-state index contributed by atoms with van der Waals surface area (Å²) in [5, 5.41) is 15.5. The summed E-state index contributed by atoms with van der Waals surface area (Å²) in [7, 11) is 1.53. The molecule has 5 heteroatoms. The minimum absolute atomic E-state index is 0. The number of halogens is 1. The topological polar surface area (TPSA) is 53.8 Å². The molecule has 1 rings (SSSR count). The van der Waals surface area contributed by atoms with E-state index >= 15 is 0 Å². The molecule has 0 aromatic carbocycles. The number of hydrogen-bond donors (Lipinski definition) is 2. The molecule has 1 fully saturated rings. The maximum absolute atomic E-state index is 8.69. The number of oxime groups is 1. The van der Waals surface area contributed by atoms with E-state index in [1.165, 1.54) is 7.11 Å². The Bertz CT molecular complexity index is 141. The van der Waals surface area contributed by atoms with Gasteiger partial charge in [0, 0.05) is 19.0 Å². The lowest BCUT2D eigenvalue weighted by atomic mass is 10.2. The van der Waals surface area contributed by atoms with Crippen LogP contribution in [0.3, 0.4) is 0 Å². The standard InChI is InChI=1S/C6H12N2O2.ClH/c1-10-8-5-2-6(4-9)7-3-5;/h6-7,9H,2-4H2,1H3;1H/t6-;/m0./s1. The van der Waals surface area contributed by atoms with Crippen LogP contribution in [0, 0.1) is 0 Å². The van der Waals surface area contributed by atoms with Gasteiger partial charge >= 0.3 is 0 Å². The summed E-state index contributed by atoms with van der Waals surface area (Å²) in [5.74, 6) is 0. The van der Waals surface area contributed by atoms with Crippen LogP contribution >= 0.6 is 12.4 Å². The summed E-state index contributed by atoms with van der Waals surface area (Å²) in [6.07, 6.45) is 0.796. The van der Waals surface area contributed by atoms with E-state index in [1.807, 2.05) is 0 Å². The van der Waals surface area contributed by atoms with Gasteiger partial charge in [-0.2, -0.15) is 0 Å². The molecular weight excluding hydrogens is 168 g/mol. The minimum atomic E-state index is 0. The smallest absolute Gasteiger partial charge is 0.106 e. The number of nitrogens with one attached hydrogen (secondary N) is 1. The quantitative estimate of drug-likeness (QED) is 0.577. The molecule has 1 aliphatic heterocycles. The summed E-state index contributed by atoms with van der Waals surface area (Å²) in [6, 6.07) is 0.175. The third kappa shape index (κ3) is 3.05. The van der Waals surface area contributed by atoms with Gasteiger partial charge in [0.15, 0.2) is 0 Å². The number of aliphatic hydroxyl groups excluding tert-OH is 1. The molecule has 0 aromatic heterocycles. The average Bonchev–Trinajstić information content (AvgIpc) is 2.37. The molecule has 1 heterocycles. The van der Waals surface area contributed by atoms with E-state index in [0.717, 1.165) is 18.7 Å². The largest absolute Gasteiger partial charge is 0.399 e. The molecule has 0 amide bonds. The lowest BCUT2D eigenvalue weighted by molar-refractivity contribution is 0.212. The second kappa shape index (κ2) is 5.35. The Morgan fingerprint density at radius 1 is 1.82 bits per heavy atom. The van der Waals surface area contributed by atoms with Crippen molar-refractivity contribution in [3.8, 4) is 0 Å². The highest BCUT2D eigenvalue weighted by Crippen LogP contribution is 2.02. The molecule has 11 heavy (non-hydrogen) atoms. The fourth-order valence-electron chi connectivity index (χ4n) is 1.02. The van der Waals surface area contributed by atoms with Crippen molar-refractivity contribution < 1.29 is 9.94 Å². The fraction of sp³-hybridized carbons (Fsp3) is 0.833. The van der Waals surface area contributed by atoms with Crippen LogP contribution in [0.2, 0.25) is 0 Å². The van der Waals surface area contributed by atoms with E-state index in [-0.39, 0.29) is 25.1 Å². The molecule has 1 atom stereocenters. The molecule has 0 unspecified atom stereocenters. The highest BCUT2D eigenvalue weighted by molar-refractivity contribution is 5.88. The van der Waals surface area contributed by atoms with Crippen molar-refractivity contribution in [3.63, 3.8) is 0 Å². The SMILES string of the molecule is CON=C1CN[C@H](CO)C1.Cl. The Labute approximate surface area is 72.0 Å². The van der Waals surface area contributed by atoms with E-state index in [4.69, 9.17) is 5.11 Å². The Hall–Kier alpha value is -0.320. The number of aliphatic hydroxyl groups is 1. The van der Waals surface area contributed by atoms with Gasteiger partial charge in [0.05, 0.1) is 12.3 Å². The molecule has 66 valence electrons. The van der Waals surface area contributed by atoms with Gasteiger partial charge in [-0.1, -0.05) is 5.16 Å². The van der Waals surface area contributed by atoms with Crippen LogP contribution in [-0.4, -0.2) is 37.1 Å². The van der Waals surface area contributed by atoms with Crippen molar-refractivity contribution in [2.24, 2.45) is 5.16 Å². The molecule has 0 radical (unpaired) electrons. The first-order valence-corrected chi connectivity index (χ1v) is 3.30. The van der Waals surface area contributed by atoms with Gasteiger partial charge in [-0.25, -0.2) is 0 Å². The lowest BCUT2D eigenvalue weighted by Crippen LogP contribution is -2.24. The molecule has 0 aromatic rings. The molecule has 1 saturated heterocycles. The van der Waals surface area contributed by atoms with Crippen molar-refractivity contribution in [3.05, 3.63) is 0 Å². The normalized spacial score (nSPS) is 26.7. The molecule has 0 spiro atoms. The van der Waals surface area contributed by atoms with Crippen LogP contribution in [0.15, 0.2) is 5.16 Å². The van der Waals surface area contributed by atoms with Crippen molar-refractivity contribution in [1.82, 2.24) is 5.32 Å². The third-order valence-corrected chi connectivity index (χ3v) is 1.52. The summed E-state index contributed by atoms with van der Waals surface area (Å²) in [4.78, 5) is 4.58. The first kappa shape index (κ1) is 10.7. The van der Waals surface area contributed by atoms with Gasteiger partial charge in [-0.05, 0) is 0 Å². The zero-order chi connectivity index (χ0) is 7.40. The summed E-state index contributed by atoms with van der Waals surface area (Å²) >= 11 is 0. The lowest BCUT2D eigenvalue weighted by Gasteiger charge is -2.00. The van der Waals surface area contributed by atoms with Gasteiger partial charge in [0.25, 0.3) is 0 Å². The van der Waals surface area contributed by atoms with Crippen molar-refractivity contribution in [1.29, 1.82) is 0 Å². The average molecular weight is 181 g/mol. The minimum Gasteiger partial charge on any atom is -0.399 e. The van der Waals surface area contributed by atoms with Crippen LogP contribution in [0.25, 0.3) is 0 Å². The monoisotopic (exact) mass is 180 g/mol. The van der Waals surface area contributed by atoms with E-state index in [9.17, 15) is 0 Å². The van der Waals surface area contributed by atoms with Gasteiger partial charge in [-0.15, -0.1) is 12.4 Å².